The summed E-state index contributed by atoms with van der Waals surface area (Å²) in [7, 11) is 0. The van der Waals surface area contributed by atoms with E-state index in [1.54, 1.807) is 0 Å². The second-order valence-electron chi connectivity index (χ2n) is 6.07. The Morgan fingerprint density at radius 3 is 2.90 bits per heavy atom. The van der Waals surface area contributed by atoms with Crippen LogP contribution in [0.15, 0.2) is 24.3 Å². The number of hydrogen-bond donors (Lipinski definition) is 2. The lowest BCUT2D eigenvalue weighted by Crippen LogP contribution is -2.26. The molecule has 0 spiro atoms. The van der Waals surface area contributed by atoms with Gasteiger partial charge in [0.2, 0.25) is 0 Å². The van der Waals surface area contributed by atoms with Gasteiger partial charge in [-0.3, -0.25) is 0 Å². The molecule has 2 fully saturated rings. The lowest BCUT2D eigenvalue weighted by molar-refractivity contribution is 0.123. The Labute approximate surface area is 120 Å². The van der Waals surface area contributed by atoms with Crippen LogP contribution in [0.1, 0.15) is 19.3 Å². The Morgan fingerprint density at radius 1 is 1.25 bits per heavy atom. The number of nitrogen functional groups attached to an aromatic ring is 1. The first-order valence-corrected chi connectivity index (χ1v) is 7.62. The topological polar surface area (TPSA) is 58.7 Å². The molecule has 0 aromatic heterocycles. The molecule has 4 heteroatoms. The quantitative estimate of drug-likeness (QED) is 0.635. The Kier molecular flexibility index (Phi) is 4.13. The fourth-order valence-electron chi connectivity index (χ4n) is 3.59. The smallest absolute Gasteiger partial charge is 0.142 e. The second kappa shape index (κ2) is 6.02. The van der Waals surface area contributed by atoms with Crippen molar-refractivity contribution in [1.29, 1.82) is 0 Å². The first kappa shape index (κ1) is 13.7. The molecule has 3 unspecified atom stereocenters. The highest BCUT2D eigenvalue weighted by Gasteiger charge is 2.41. The van der Waals surface area contributed by atoms with E-state index in [0.29, 0.717) is 18.2 Å². The first-order chi connectivity index (χ1) is 9.74. The summed E-state index contributed by atoms with van der Waals surface area (Å²) in [6.07, 6.45) is 3.13. The van der Waals surface area contributed by atoms with Gasteiger partial charge in [0.05, 0.1) is 18.4 Å². The molecule has 1 aromatic rings. The van der Waals surface area contributed by atoms with Gasteiger partial charge in [-0.1, -0.05) is 12.1 Å². The van der Waals surface area contributed by atoms with Crippen molar-refractivity contribution in [2.24, 2.45) is 11.8 Å². The summed E-state index contributed by atoms with van der Waals surface area (Å²) in [5.74, 6) is 2.01. The molecular weight excluding hydrogens is 252 g/mol. The van der Waals surface area contributed by atoms with Crippen molar-refractivity contribution >= 4 is 5.69 Å². The Morgan fingerprint density at radius 2 is 2.10 bits per heavy atom. The van der Waals surface area contributed by atoms with Crippen LogP contribution in [0.2, 0.25) is 0 Å². The SMILES string of the molecule is Nc1ccccc1OCCCN1CC2CCC(O)C2C1. The number of aliphatic hydroxyl groups is 1. The van der Waals surface area contributed by atoms with Crippen molar-refractivity contribution in [1.82, 2.24) is 4.90 Å². The summed E-state index contributed by atoms with van der Waals surface area (Å²) >= 11 is 0. The number of rotatable bonds is 5. The molecule has 0 amide bonds. The number of anilines is 1. The maximum Gasteiger partial charge on any atom is 0.142 e. The van der Waals surface area contributed by atoms with Crippen LogP contribution in [-0.4, -0.2) is 42.4 Å². The zero-order valence-corrected chi connectivity index (χ0v) is 11.9. The third-order valence-electron chi connectivity index (χ3n) is 4.69. The highest BCUT2D eigenvalue weighted by Crippen LogP contribution is 2.37. The number of benzene rings is 1. The lowest BCUT2D eigenvalue weighted by atomic mass is 10.00. The second-order valence-corrected chi connectivity index (χ2v) is 6.07. The van der Waals surface area contributed by atoms with E-state index in [0.717, 1.165) is 44.1 Å². The summed E-state index contributed by atoms with van der Waals surface area (Å²) < 4.78 is 5.71. The van der Waals surface area contributed by atoms with Crippen molar-refractivity contribution in [3.05, 3.63) is 24.3 Å². The fraction of sp³-hybridized carbons (Fsp3) is 0.625. The summed E-state index contributed by atoms with van der Waals surface area (Å²) in [6, 6.07) is 7.62. The molecule has 1 saturated heterocycles. The summed E-state index contributed by atoms with van der Waals surface area (Å²) in [4.78, 5) is 2.47. The van der Waals surface area contributed by atoms with Gasteiger partial charge < -0.3 is 20.5 Å². The van der Waals surface area contributed by atoms with Gasteiger partial charge in [-0.15, -0.1) is 0 Å². The van der Waals surface area contributed by atoms with Crippen LogP contribution >= 0.6 is 0 Å². The molecule has 1 aliphatic heterocycles. The molecule has 20 heavy (non-hydrogen) atoms. The van der Waals surface area contributed by atoms with Crippen molar-refractivity contribution < 1.29 is 9.84 Å². The van der Waals surface area contributed by atoms with E-state index in [1.165, 1.54) is 6.42 Å². The number of nitrogens with two attached hydrogens (primary N) is 1. The van der Waals surface area contributed by atoms with Crippen LogP contribution < -0.4 is 10.5 Å². The molecular formula is C16H24N2O2. The molecule has 0 bridgehead atoms. The Hall–Kier alpha value is -1.26. The number of ether oxygens (including phenoxy) is 1. The van der Waals surface area contributed by atoms with Crippen LogP contribution in [0.25, 0.3) is 0 Å². The van der Waals surface area contributed by atoms with E-state index in [9.17, 15) is 5.11 Å². The predicted molar refractivity (Wildman–Crippen MR) is 79.6 cm³/mol. The fourth-order valence-corrected chi connectivity index (χ4v) is 3.59. The van der Waals surface area contributed by atoms with E-state index in [4.69, 9.17) is 10.5 Å². The van der Waals surface area contributed by atoms with Crippen LogP contribution in [0, 0.1) is 11.8 Å². The molecule has 3 rings (SSSR count). The molecule has 1 aliphatic carbocycles. The lowest BCUT2D eigenvalue weighted by Gasteiger charge is -2.18. The molecule has 2 aliphatic rings. The Bertz CT molecular complexity index is 452. The predicted octanol–water partition coefficient (Wildman–Crippen LogP) is 1.74. The van der Waals surface area contributed by atoms with Crippen molar-refractivity contribution in [2.75, 3.05) is 32.0 Å². The average molecular weight is 276 g/mol. The molecule has 110 valence electrons. The largest absolute Gasteiger partial charge is 0.491 e. The van der Waals surface area contributed by atoms with Crippen LogP contribution in [-0.2, 0) is 0 Å². The van der Waals surface area contributed by atoms with Gasteiger partial charge in [0.15, 0.2) is 0 Å². The van der Waals surface area contributed by atoms with Crippen molar-refractivity contribution in [3.63, 3.8) is 0 Å². The van der Waals surface area contributed by atoms with Gasteiger partial charge in [0.25, 0.3) is 0 Å². The third-order valence-corrected chi connectivity index (χ3v) is 4.69. The number of fused-ring (bicyclic) bond motifs is 1. The van der Waals surface area contributed by atoms with E-state index in [1.807, 2.05) is 24.3 Å². The Balaban J connectivity index is 1.38. The number of para-hydroxylation sites is 2. The zero-order chi connectivity index (χ0) is 13.9. The van der Waals surface area contributed by atoms with Crippen LogP contribution in [0.3, 0.4) is 0 Å². The zero-order valence-electron chi connectivity index (χ0n) is 11.9. The minimum absolute atomic E-state index is 0.0645. The van der Waals surface area contributed by atoms with E-state index in [2.05, 4.69) is 4.90 Å². The molecule has 0 radical (unpaired) electrons. The molecule has 3 atom stereocenters. The number of likely N-dealkylation sites (tertiary alicyclic amines) is 1. The number of aliphatic hydroxyl groups excluding tert-OH is 1. The van der Waals surface area contributed by atoms with Crippen LogP contribution in [0.4, 0.5) is 5.69 Å². The number of nitrogens with zero attached hydrogens (tertiary/aromatic N) is 1. The minimum Gasteiger partial charge on any atom is -0.491 e. The standard InChI is InChI=1S/C16H24N2O2/c17-14-4-1-2-5-16(14)20-9-3-8-18-10-12-6-7-15(19)13(12)11-18/h1-2,4-5,12-13,15,19H,3,6-11,17H2. The molecule has 1 aromatic carbocycles. The van der Waals surface area contributed by atoms with Crippen molar-refractivity contribution in [3.8, 4) is 5.75 Å². The molecule has 1 saturated carbocycles. The molecule has 1 heterocycles. The first-order valence-electron chi connectivity index (χ1n) is 7.62. The van der Waals surface area contributed by atoms with Crippen LogP contribution in [0.5, 0.6) is 5.75 Å². The van der Waals surface area contributed by atoms with Gasteiger partial charge >= 0.3 is 0 Å². The highest BCUT2D eigenvalue weighted by molar-refractivity contribution is 5.51. The van der Waals surface area contributed by atoms with Gasteiger partial charge in [-0.25, -0.2) is 0 Å². The average Bonchev–Trinajstić information content (AvgIpc) is 2.99. The minimum atomic E-state index is -0.0645. The maximum absolute atomic E-state index is 9.90. The van der Waals surface area contributed by atoms with E-state index in [-0.39, 0.29) is 6.10 Å². The van der Waals surface area contributed by atoms with Crippen molar-refractivity contribution in [2.45, 2.75) is 25.4 Å². The van der Waals surface area contributed by atoms with E-state index < -0.39 is 0 Å². The summed E-state index contributed by atoms with van der Waals surface area (Å²) in [6.45, 7) is 3.95. The maximum atomic E-state index is 9.90. The summed E-state index contributed by atoms with van der Waals surface area (Å²) in [5.41, 5.74) is 6.54. The monoisotopic (exact) mass is 276 g/mol. The molecule has 3 N–H and O–H groups in total. The van der Waals surface area contributed by atoms with E-state index >= 15 is 0 Å². The highest BCUT2D eigenvalue weighted by atomic mass is 16.5. The van der Waals surface area contributed by atoms with Gasteiger partial charge in [-0.05, 0) is 37.3 Å². The summed E-state index contributed by atoms with van der Waals surface area (Å²) in [5, 5.41) is 9.90. The van der Waals surface area contributed by atoms with Gasteiger partial charge in [0, 0.05) is 25.6 Å². The molecule has 4 nitrogen and oxygen atoms in total. The third kappa shape index (κ3) is 2.91. The number of hydrogen-bond acceptors (Lipinski definition) is 4. The van der Waals surface area contributed by atoms with Gasteiger partial charge in [-0.2, -0.15) is 0 Å². The normalized spacial score (nSPS) is 29.6. The van der Waals surface area contributed by atoms with Gasteiger partial charge in [0.1, 0.15) is 5.75 Å².